The second-order valence-corrected chi connectivity index (χ2v) is 5.68. The van der Waals surface area contributed by atoms with E-state index in [-0.39, 0.29) is 5.92 Å². The molecule has 0 saturated heterocycles. The maximum atomic E-state index is 4.48. The van der Waals surface area contributed by atoms with Crippen molar-refractivity contribution < 1.29 is 0 Å². The summed E-state index contributed by atoms with van der Waals surface area (Å²) < 4.78 is 0. The average molecular weight is 275 g/mol. The molecule has 0 amide bonds. The molecule has 0 spiro atoms. The van der Waals surface area contributed by atoms with Crippen molar-refractivity contribution in [3.8, 4) is 0 Å². The zero-order valence-corrected chi connectivity index (χ0v) is 11.7. The number of fused-ring (bicyclic) bond motifs is 2. The van der Waals surface area contributed by atoms with Crippen LogP contribution in [0.5, 0.6) is 0 Å². The summed E-state index contributed by atoms with van der Waals surface area (Å²) in [6.45, 7) is 0. The van der Waals surface area contributed by atoms with Gasteiger partial charge in [-0.25, -0.2) is 4.98 Å². The first-order valence-corrected chi connectivity index (χ1v) is 7.62. The van der Waals surface area contributed by atoms with Crippen LogP contribution in [0, 0.1) is 0 Å². The van der Waals surface area contributed by atoms with E-state index in [9.17, 15) is 0 Å². The molecule has 0 N–H and O–H groups in total. The fourth-order valence-electron chi connectivity index (χ4n) is 2.76. The zero-order chi connectivity index (χ0) is 13.4. The van der Waals surface area contributed by atoms with Crippen molar-refractivity contribution >= 4 is 23.5 Å². The molecular weight excluding hydrogens is 262 g/mol. The third kappa shape index (κ3) is 1.89. The lowest BCUT2D eigenvalue weighted by atomic mass is 9.86. The van der Waals surface area contributed by atoms with Crippen LogP contribution in [-0.4, -0.2) is 4.98 Å². The maximum Gasteiger partial charge on any atom is 0.0795 e. The van der Waals surface area contributed by atoms with E-state index in [1.807, 2.05) is 5.51 Å². The molecule has 1 unspecified atom stereocenters. The monoisotopic (exact) mass is 275 g/mol. The molecule has 0 aliphatic heterocycles. The maximum absolute atomic E-state index is 4.48. The molecule has 2 heteroatoms. The van der Waals surface area contributed by atoms with Gasteiger partial charge in [0.1, 0.15) is 0 Å². The smallest absolute Gasteiger partial charge is 0.0795 e. The van der Waals surface area contributed by atoms with Gasteiger partial charge in [-0.2, -0.15) is 0 Å². The number of aromatic nitrogens is 1. The van der Waals surface area contributed by atoms with Gasteiger partial charge in [0, 0.05) is 11.3 Å². The lowest BCUT2D eigenvalue weighted by Crippen LogP contribution is -2.22. The quantitative estimate of drug-likeness (QED) is 0.780. The topological polar surface area (TPSA) is 12.9 Å². The van der Waals surface area contributed by atoms with E-state index in [2.05, 4.69) is 71.1 Å². The van der Waals surface area contributed by atoms with Crippen LogP contribution in [0.1, 0.15) is 11.6 Å². The molecular formula is C18H13NS. The van der Waals surface area contributed by atoms with Crippen molar-refractivity contribution in [3.63, 3.8) is 0 Å². The van der Waals surface area contributed by atoms with Gasteiger partial charge in [-0.1, -0.05) is 54.6 Å². The first kappa shape index (κ1) is 11.6. The molecule has 2 aliphatic carbocycles. The summed E-state index contributed by atoms with van der Waals surface area (Å²) in [6, 6.07) is 8.50. The summed E-state index contributed by atoms with van der Waals surface area (Å²) in [6.07, 6.45) is 13.3. The van der Waals surface area contributed by atoms with Crippen LogP contribution in [0.3, 0.4) is 0 Å². The van der Waals surface area contributed by atoms with Gasteiger partial charge in [0.15, 0.2) is 0 Å². The van der Waals surface area contributed by atoms with Crippen molar-refractivity contribution in [1.82, 2.24) is 4.98 Å². The summed E-state index contributed by atoms with van der Waals surface area (Å²) in [4.78, 5) is 4.48. The number of thiazole rings is 1. The van der Waals surface area contributed by atoms with E-state index in [1.165, 1.54) is 21.6 Å². The molecule has 1 nitrogen and oxygen atoms in total. The van der Waals surface area contributed by atoms with E-state index in [1.54, 1.807) is 11.3 Å². The zero-order valence-electron chi connectivity index (χ0n) is 10.9. The Hall–Kier alpha value is -2.19. The average Bonchev–Trinajstić information content (AvgIpc) is 2.94. The number of hydrogen-bond donors (Lipinski definition) is 0. The normalized spacial score (nSPS) is 19.7. The second kappa shape index (κ2) is 4.73. The van der Waals surface area contributed by atoms with Crippen LogP contribution >= 0.6 is 11.3 Å². The number of nitrogens with zero attached hydrogens (tertiary/aromatic N) is 1. The summed E-state index contributed by atoms with van der Waals surface area (Å²) in [7, 11) is 0. The SMILES string of the molecule is C1=CC(c2cscn2)C2=CC=c3ccccc3=CC2=C1. The highest BCUT2D eigenvalue weighted by molar-refractivity contribution is 7.07. The Morgan fingerprint density at radius 2 is 1.90 bits per heavy atom. The second-order valence-electron chi connectivity index (χ2n) is 4.96. The Morgan fingerprint density at radius 3 is 2.75 bits per heavy atom. The van der Waals surface area contributed by atoms with Crippen molar-refractivity contribution in [2.45, 2.75) is 5.92 Å². The summed E-state index contributed by atoms with van der Waals surface area (Å²) in [5.74, 6) is 0.267. The Labute approximate surface area is 121 Å². The number of rotatable bonds is 1. The van der Waals surface area contributed by atoms with Crippen molar-refractivity contribution in [3.05, 3.63) is 86.7 Å². The van der Waals surface area contributed by atoms with Crippen molar-refractivity contribution in [2.24, 2.45) is 0 Å². The summed E-state index contributed by atoms with van der Waals surface area (Å²) in [5, 5.41) is 4.68. The van der Waals surface area contributed by atoms with Gasteiger partial charge < -0.3 is 0 Å². The standard InChI is InChI=1S/C18H13NS/c1-2-5-14-10-15-6-3-7-17(18-11-20-12-19-18)16(15)9-8-13(14)4-1/h1-12,17H. The fourth-order valence-corrected chi connectivity index (χ4v) is 3.35. The molecule has 20 heavy (non-hydrogen) atoms. The molecule has 0 radical (unpaired) electrons. The van der Waals surface area contributed by atoms with Crippen LogP contribution in [0.25, 0.3) is 12.2 Å². The highest BCUT2D eigenvalue weighted by Gasteiger charge is 2.20. The lowest BCUT2D eigenvalue weighted by molar-refractivity contribution is 0.956. The highest BCUT2D eigenvalue weighted by atomic mass is 32.1. The predicted molar refractivity (Wildman–Crippen MR) is 84.8 cm³/mol. The largest absolute Gasteiger partial charge is 0.249 e. The van der Waals surface area contributed by atoms with Crippen molar-refractivity contribution in [2.75, 3.05) is 0 Å². The molecule has 4 rings (SSSR count). The third-order valence-electron chi connectivity index (χ3n) is 3.77. The number of benzene rings is 1. The van der Waals surface area contributed by atoms with Crippen LogP contribution in [0.2, 0.25) is 0 Å². The van der Waals surface area contributed by atoms with E-state index in [0.717, 1.165) is 5.69 Å². The summed E-state index contributed by atoms with van der Waals surface area (Å²) in [5.41, 5.74) is 5.65. The molecule has 1 aromatic carbocycles. The van der Waals surface area contributed by atoms with Crippen LogP contribution in [-0.2, 0) is 0 Å². The number of hydrogen-bond acceptors (Lipinski definition) is 2. The van der Waals surface area contributed by atoms with Gasteiger partial charge in [0.05, 0.1) is 11.2 Å². The van der Waals surface area contributed by atoms with Crippen LogP contribution < -0.4 is 10.4 Å². The fraction of sp³-hybridized carbons (Fsp3) is 0.0556. The highest BCUT2D eigenvalue weighted by Crippen LogP contribution is 2.34. The molecule has 1 heterocycles. The van der Waals surface area contributed by atoms with Gasteiger partial charge in [0.2, 0.25) is 0 Å². The van der Waals surface area contributed by atoms with E-state index in [0.29, 0.717) is 0 Å². The van der Waals surface area contributed by atoms with Crippen LogP contribution in [0.4, 0.5) is 0 Å². The van der Waals surface area contributed by atoms with Crippen LogP contribution in [0.15, 0.2) is 70.6 Å². The van der Waals surface area contributed by atoms with Gasteiger partial charge >= 0.3 is 0 Å². The minimum atomic E-state index is 0.267. The summed E-state index contributed by atoms with van der Waals surface area (Å²) >= 11 is 1.65. The first-order valence-electron chi connectivity index (χ1n) is 6.67. The third-order valence-corrected chi connectivity index (χ3v) is 4.37. The first-order chi connectivity index (χ1) is 9.92. The van der Waals surface area contributed by atoms with E-state index in [4.69, 9.17) is 0 Å². The predicted octanol–water partition coefficient (Wildman–Crippen LogP) is 2.92. The molecule has 2 aliphatic rings. The van der Waals surface area contributed by atoms with Gasteiger partial charge in [-0.15, -0.1) is 11.3 Å². The molecule has 0 bridgehead atoms. The minimum Gasteiger partial charge on any atom is -0.249 e. The Bertz CT molecular complexity index is 851. The van der Waals surface area contributed by atoms with E-state index >= 15 is 0 Å². The minimum absolute atomic E-state index is 0.267. The molecule has 2 aromatic rings. The number of allylic oxidation sites excluding steroid dienone is 6. The Morgan fingerprint density at radius 1 is 1.00 bits per heavy atom. The molecule has 0 saturated carbocycles. The molecule has 0 fully saturated rings. The van der Waals surface area contributed by atoms with Gasteiger partial charge in [-0.05, 0) is 27.7 Å². The van der Waals surface area contributed by atoms with Gasteiger partial charge in [0.25, 0.3) is 0 Å². The molecule has 1 aromatic heterocycles. The van der Waals surface area contributed by atoms with E-state index < -0.39 is 0 Å². The van der Waals surface area contributed by atoms with Crippen molar-refractivity contribution in [1.29, 1.82) is 0 Å². The Balaban J connectivity index is 1.91. The lowest BCUT2D eigenvalue weighted by Gasteiger charge is -2.19. The Kier molecular flexibility index (Phi) is 2.75. The molecule has 96 valence electrons. The van der Waals surface area contributed by atoms with Gasteiger partial charge in [-0.3, -0.25) is 0 Å². The molecule has 1 atom stereocenters.